The molecular formula is C22H34N4O3. The summed E-state index contributed by atoms with van der Waals surface area (Å²) in [4.78, 5) is 6.74. The molecular weight excluding hydrogens is 368 g/mol. The Bertz CT molecular complexity index is 727. The Labute approximate surface area is 173 Å². The lowest BCUT2D eigenvalue weighted by Crippen LogP contribution is -2.40. The van der Waals surface area contributed by atoms with Crippen LogP contribution in [0.25, 0.3) is 0 Å². The maximum absolute atomic E-state index is 10.5. The van der Waals surface area contributed by atoms with E-state index in [9.17, 15) is 5.11 Å². The molecule has 0 bridgehead atoms. The summed E-state index contributed by atoms with van der Waals surface area (Å²) in [7, 11) is 4.00. The molecule has 0 radical (unpaired) electrons. The van der Waals surface area contributed by atoms with Crippen molar-refractivity contribution >= 4 is 5.96 Å². The summed E-state index contributed by atoms with van der Waals surface area (Å²) in [5, 5.41) is 16.9. The predicted octanol–water partition coefficient (Wildman–Crippen LogP) is 2.96. The largest absolute Gasteiger partial charge is 0.491 e. The number of furan rings is 1. The summed E-state index contributed by atoms with van der Waals surface area (Å²) in [6, 6.07) is 11.4. The van der Waals surface area contributed by atoms with Crippen molar-refractivity contribution in [2.75, 3.05) is 33.7 Å². The van der Waals surface area contributed by atoms with Crippen LogP contribution in [0.5, 0.6) is 5.75 Å². The second-order valence-electron chi connectivity index (χ2n) is 7.35. The molecule has 160 valence electrons. The van der Waals surface area contributed by atoms with E-state index in [1.165, 1.54) is 0 Å². The van der Waals surface area contributed by atoms with Crippen molar-refractivity contribution in [1.82, 2.24) is 15.5 Å². The van der Waals surface area contributed by atoms with E-state index in [1.54, 1.807) is 6.26 Å². The van der Waals surface area contributed by atoms with Crippen molar-refractivity contribution in [1.29, 1.82) is 0 Å². The number of nitrogens with one attached hydrogen (secondary N) is 2. The number of rotatable bonds is 10. The molecule has 0 saturated carbocycles. The number of hydrogen-bond acceptors (Lipinski definition) is 5. The third-order valence-electron chi connectivity index (χ3n) is 4.36. The van der Waals surface area contributed by atoms with Crippen LogP contribution in [0.2, 0.25) is 0 Å². The van der Waals surface area contributed by atoms with E-state index < -0.39 is 6.10 Å². The van der Waals surface area contributed by atoms with Gasteiger partial charge in [0.15, 0.2) is 5.96 Å². The highest BCUT2D eigenvalue weighted by molar-refractivity contribution is 5.79. The average molecular weight is 403 g/mol. The highest BCUT2D eigenvalue weighted by atomic mass is 16.5. The maximum atomic E-state index is 10.5. The lowest BCUT2D eigenvalue weighted by atomic mass is 10.1. The van der Waals surface area contributed by atoms with Gasteiger partial charge in [-0.2, -0.15) is 0 Å². The number of aliphatic hydroxyl groups is 1. The van der Waals surface area contributed by atoms with Gasteiger partial charge in [-0.3, -0.25) is 9.89 Å². The van der Waals surface area contributed by atoms with Crippen molar-refractivity contribution < 1.29 is 14.3 Å². The van der Waals surface area contributed by atoms with Crippen LogP contribution in [0.15, 0.2) is 52.1 Å². The molecule has 2 rings (SSSR count). The Kier molecular flexibility index (Phi) is 9.02. The summed E-state index contributed by atoms with van der Waals surface area (Å²) >= 11 is 0. The van der Waals surface area contributed by atoms with Gasteiger partial charge in [0.2, 0.25) is 0 Å². The van der Waals surface area contributed by atoms with Gasteiger partial charge >= 0.3 is 0 Å². The summed E-state index contributed by atoms with van der Waals surface area (Å²) in [5.74, 6) is 2.33. The molecule has 1 aromatic heterocycles. The maximum Gasteiger partial charge on any atom is 0.191 e. The van der Waals surface area contributed by atoms with Crippen LogP contribution in [0, 0.1) is 0 Å². The van der Waals surface area contributed by atoms with Crippen LogP contribution in [0.1, 0.15) is 44.2 Å². The fourth-order valence-electron chi connectivity index (χ4n) is 2.86. The van der Waals surface area contributed by atoms with Gasteiger partial charge in [0, 0.05) is 13.1 Å². The zero-order valence-electron chi connectivity index (χ0n) is 18.1. The number of likely N-dealkylation sites (N-methyl/N-ethyl adjacent to an activating group) is 1. The van der Waals surface area contributed by atoms with Gasteiger partial charge in [0.25, 0.3) is 0 Å². The lowest BCUT2D eigenvalue weighted by molar-refractivity contribution is 0.180. The Balaban J connectivity index is 1.96. The molecule has 0 aliphatic rings. The molecule has 2 atom stereocenters. The number of nitrogens with zero attached hydrogens (tertiary/aromatic N) is 2. The van der Waals surface area contributed by atoms with E-state index in [-0.39, 0.29) is 12.1 Å². The van der Waals surface area contributed by atoms with Crippen molar-refractivity contribution in [3.63, 3.8) is 0 Å². The van der Waals surface area contributed by atoms with Gasteiger partial charge in [0.1, 0.15) is 11.5 Å². The fraction of sp³-hybridized carbons (Fsp3) is 0.500. The van der Waals surface area contributed by atoms with E-state index >= 15 is 0 Å². The van der Waals surface area contributed by atoms with E-state index in [0.29, 0.717) is 19.0 Å². The van der Waals surface area contributed by atoms with Gasteiger partial charge in [-0.25, -0.2) is 0 Å². The number of aliphatic imine (C=N–C) groups is 1. The minimum atomic E-state index is -0.651. The molecule has 2 aromatic rings. The van der Waals surface area contributed by atoms with Gasteiger partial charge in [-0.05, 0) is 64.7 Å². The quantitative estimate of drug-likeness (QED) is 0.419. The number of benzene rings is 1. The number of ether oxygens (including phenoxy) is 1. The molecule has 0 spiro atoms. The zero-order chi connectivity index (χ0) is 21.2. The van der Waals surface area contributed by atoms with Crippen LogP contribution in [-0.2, 0) is 0 Å². The molecule has 7 nitrogen and oxygen atoms in total. The first-order valence-corrected chi connectivity index (χ1v) is 10.1. The first kappa shape index (κ1) is 22.8. The second-order valence-corrected chi connectivity index (χ2v) is 7.35. The molecule has 0 aliphatic heterocycles. The summed E-state index contributed by atoms with van der Waals surface area (Å²) in [6.07, 6.45) is 1.15. The highest BCUT2D eigenvalue weighted by Crippen LogP contribution is 2.20. The standard InChI is InChI=1S/C22H34N4O3/c1-6-23-22(24-14-19(26(4)5)21-8-7-13-28-21)25-15-20(27)17-9-11-18(12-10-17)29-16(2)3/h7-13,16,19-20,27H,6,14-15H2,1-5H3,(H2,23,24,25). The second kappa shape index (κ2) is 11.5. The monoisotopic (exact) mass is 402 g/mol. The van der Waals surface area contributed by atoms with Gasteiger partial charge in [-0.1, -0.05) is 12.1 Å². The Morgan fingerprint density at radius 1 is 1.17 bits per heavy atom. The Morgan fingerprint density at radius 3 is 2.45 bits per heavy atom. The molecule has 1 heterocycles. The van der Waals surface area contributed by atoms with Gasteiger partial charge in [-0.15, -0.1) is 0 Å². The minimum absolute atomic E-state index is 0.0406. The highest BCUT2D eigenvalue weighted by Gasteiger charge is 2.17. The summed E-state index contributed by atoms with van der Waals surface area (Å²) in [5.41, 5.74) is 0.825. The zero-order valence-corrected chi connectivity index (χ0v) is 18.1. The summed E-state index contributed by atoms with van der Waals surface area (Å²) < 4.78 is 11.2. The van der Waals surface area contributed by atoms with Crippen molar-refractivity contribution in [3.8, 4) is 5.75 Å². The van der Waals surface area contributed by atoms with E-state index in [0.717, 1.165) is 23.6 Å². The molecule has 0 aliphatic carbocycles. The van der Waals surface area contributed by atoms with Crippen LogP contribution in [-0.4, -0.2) is 55.8 Å². The first-order chi connectivity index (χ1) is 13.9. The minimum Gasteiger partial charge on any atom is -0.491 e. The topological polar surface area (TPSA) is 82.3 Å². The Morgan fingerprint density at radius 2 is 1.90 bits per heavy atom. The third-order valence-corrected chi connectivity index (χ3v) is 4.36. The smallest absolute Gasteiger partial charge is 0.191 e. The molecule has 3 N–H and O–H groups in total. The van der Waals surface area contributed by atoms with Crippen molar-refractivity contribution in [2.24, 2.45) is 4.99 Å². The number of aliphatic hydroxyl groups excluding tert-OH is 1. The molecule has 0 saturated heterocycles. The Hall–Kier alpha value is -2.51. The van der Waals surface area contributed by atoms with Gasteiger partial charge in [0.05, 0.1) is 31.1 Å². The molecule has 1 aromatic carbocycles. The van der Waals surface area contributed by atoms with Crippen LogP contribution in [0.3, 0.4) is 0 Å². The summed E-state index contributed by atoms with van der Waals surface area (Å²) in [6.45, 7) is 7.60. The van der Waals surface area contributed by atoms with Crippen molar-refractivity contribution in [2.45, 2.75) is 39.0 Å². The van der Waals surface area contributed by atoms with E-state index in [4.69, 9.17) is 9.15 Å². The molecule has 0 fully saturated rings. The average Bonchev–Trinajstić information content (AvgIpc) is 3.20. The van der Waals surface area contributed by atoms with Crippen LogP contribution < -0.4 is 15.4 Å². The lowest BCUT2D eigenvalue weighted by Gasteiger charge is -2.21. The van der Waals surface area contributed by atoms with Crippen molar-refractivity contribution in [3.05, 3.63) is 54.0 Å². The van der Waals surface area contributed by atoms with Crippen LogP contribution in [0.4, 0.5) is 0 Å². The third kappa shape index (κ3) is 7.44. The number of guanidine groups is 1. The molecule has 0 amide bonds. The van der Waals surface area contributed by atoms with Gasteiger partial charge < -0.3 is 24.9 Å². The SMILES string of the molecule is CCNC(=NCC(c1ccco1)N(C)C)NCC(O)c1ccc(OC(C)C)cc1. The molecule has 2 unspecified atom stereocenters. The van der Waals surface area contributed by atoms with Crippen LogP contribution >= 0.6 is 0 Å². The normalized spacial score (nSPS) is 14.1. The molecule has 7 heteroatoms. The fourth-order valence-corrected chi connectivity index (χ4v) is 2.86. The van der Waals surface area contributed by atoms with E-state index in [1.807, 2.05) is 71.3 Å². The first-order valence-electron chi connectivity index (χ1n) is 10.1. The molecule has 29 heavy (non-hydrogen) atoms. The predicted molar refractivity (Wildman–Crippen MR) is 116 cm³/mol. The van der Waals surface area contributed by atoms with E-state index in [2.05, 4.69) is 20.5 Å². The number of hydrogen-bond donors (Lipinski definition) is 3.